The summed E-state index contributed by atoms with van der Waals surface area (Å²) in [5, 5.41) is 5.07. The zero-order chi connectivity index (χ0) is 14.8. The predicted octanol–water partition coefficient (Wildman–Crippen LogP) is 2.57. The topological polar surface area (TPSA) is 58.4 Å². The van der Waals surface area contributed by atoms with Crippen LogP contribution in [-0.2, 0) is 11.2 Å². The molecule has 0 spiro atoms. The molecule has 1 amide bonds. The summed E-state index contributed by atoms with van der Waals surface area (Å²) in [5.74, 6) is 0.0343. The Morgan fingerprint density at radius 2 is 2.29 bits per heavy atom. The molecule has 5 heteroatoms. The van der Waals surface area contributed by atoms with E-state index in [1.807, 2.05) is 36.6 Å². The van der Waals surface area contributed by atoms with E-state index in [1.165, 1.54) is 10.4 Å². The highest BCUT2D eigenvalue weighted by Crippen LogP contribution is 2.33. The van der Waals surface area contributed by atoms with E-state index in [-0.39, 0.29) is 11.9 Å². The van der Waals surface area contributed by atoms with Crippen LogP contribution in [0.25, 0.3) is 0 Å². The Morgan fingerprint density at radius 1 is 1.43 bits per heavy atom. The SMILES string of the molecule is CC(NC(=O)CN1CCc2cccc(N)c21)c1cccs1. The first-order chi connectivity index (χ1) is 10.1. The van der Waals surface area contributed by atoms with Crippen LogP contribution in [0.15, 0.2) is 35.7 Å². The number of carbonyl (C=O) groups excluding carboxylic acids is 1. The smallest absolute Gasteiger partial charge is 0.240 e. The van der Waals surface area contributed by atoms with E-state index in [9.17, 15) is 4.79 Å². The summed E-state index contributed by atoms with van der Waals surface area (Å²) in [5.41, 5.74) is 9.05. The molecule has 110 valence electrons. The van der Waals surface area contributed by atoms with Gasteiger partial charge in [0.2, 0.25) is 5.91 Å². The Morgan fingerprint density at radius 3 is 3.05 bits per heavy atom. The summed E-state index contributed by atoms with van der Waals surface area (Å²) in [6.07, 6.45) is 0.953. The maximum absolute atomic E-state index is 12.2. The lowest BCUT2D eigenvalue weighted by Crippen LogP contribution is -2.37. The van der Waals surface area contributed by atoms with E-state index in [4.69, 9.17) is 5.73 Å². The first-order valence-corrected chi connectivity index (χ1v) is 7.98. The van der Waals surface area contributed by atoms with Gasteiger partial charge in [-0.2, -0.15) is 0 Å². The van der Waals surface area contributed by atoms with Crippen molar-refractivity contribution < 1.29 is 4.79 Å². The van der Waals surface area contributed by atoms with Crippen molar-refractivity contribution in [2.75, 3.05) is 23.7 Å². The lowest BCUT2D eigenvalue weighted by molar-refractivity contribution is -0.120. The molecule has 1 aliphatic heterocycles. The molecule has 1 aromatic carbocycles. The number of thiophene rings is 1. The van der Waals surface area contributed by atoms with Gasteiger partial charge in [-0.15, -0.1) is 11.3 Å². The highest BCUT2D eigenvalue weighted by molar-refractivity contribution is 7.10. The number of fused-ring (bicyclic) bond motifs is 1. The van der Waals surface area contributed by atoms with Crippen molar-refractivity contribution in [3.63, 3.8) is 0 Å². The van der Waals surface area contributed by atoms with Gasteiger partial charge in [0, 0.05) is 11.4 Å². The van der Waals surface area contributed by atoms with E-state index >= 15 is 0 Å². The van der Waals surface area contributed by atoms with Crippen LogP contribution in [0.3, 0.4) is 0 Å². The van der Waals surface area contributed by atoms with Gasteiger partial charge in [-0.1, -0.05) is 18.2 Å². The maximum Gasteiger partial charge on any atom is 0.240 e. The van der Waals surface area contributed by atoms with Crippen LogP contribution in [-0.4, -0.2) is 19.0 Å². The number of hydrogen-bond donors (Lipinski definition) is 2. The number of rotatable bonds is 4. The van der Waals surface area contributed by atoms with Crippen LogP contribution >= 0.6 is 11.3 Å². The minimum atomic E-state index is 0.0343. The summed E-state index contributed by atoms with van der Waals surface area (Å²) < 4.78 is 0. The fraction of sp³-hybridized carbons (Fsp3) is 0.312. The van der Waals surface area contributed by atoms with Gasteiger partial charge < -0.3 is 16.0 Å². The minimum absolute atomic E-state index is 0.0343. The number of nitrogens with one attached hydrogen (secondary N) is 1. The molecule has 3 N–H and O–H groups in total. The molecule has 0 saturated carbocycles. The number of benzene rings is 1. The number of hydrogen-bond acceptors (Lipinski definition) is 4. The molecule has 21 heavy (non-hydrogen) atoms. The molecule has 1 atom stereocenters. The predicted molar refractivity (Wildman–Crippen MR) is 87.6 cm³/mol. The van der Waals surface area contributed by atoms with Gasteiger partial charge in [-0.3, -0.25) is 4.79 Å². The highest BCUT2D eigenvalue weighted by atomic mass is 32.1. The number of nitrogens with zero attached hydrogens (tertiary/aromatic N) is 1. The van der Waals surface area contributed by atoms with Crippen molar-refractivity contribution in [3.8, 4) is 0 Å². The van der Waals surface area contributed by atoms with E-state index in [2.05, 4.69) is 16.3 Å². The average molecular weight is 301 g/mol. The van der Waals surface area contributed by atoms with Crippen LogP contribution < -0.4 is 16.0 Å². The molecule has 0 aliphatic carbocycles. The van der Waals surface area contributed by atoms with Crippen molar-refractivity contribution in [2.24, 2.45) is 0 Å². The van der Waals surface area contributed by atoms with E-state index in [0.717, 1.165) is 24.3 Å². The monoisotopic (exact) mass is 301 g/mol. The number of nitrogen functional groups attached to an aromatic ring is 1. The molecule has 2 heterocycles. The quantitative estimate of drug-likeness (QED) is 0.853. The second-order valence-electron chi connectivity index (χ2n) is 5.33. The Labute approximate surface area is 128 Å². The van der Waals surface area contributed by atoms with E-state index in [1.54, 1.807) is 11.3 Å². The summed E-state index contributed by atoms with van der Waals surface area (Å²) in [6.45, 7) is 3.22. The van der Waals surface area contributed by atoms with Gasteiger partial charge in [0.15, 0.2) is 0 Å². The molecule has 3 rings (SSSR count). The summed E-state index contributed by atoms with van der Waals surface area (Å²) in [6, 6.07) is 10.0. The zero-order valence-electron chi connectivity index (χ0n) is 12.0. The van der Waals surface area contributed by atoms with Gasteiger partial charge in [0.05, 0.1) is 24.0 Å². The Bertz CT molecular complexity index is 639. The lowest BCUT2D eigenvalue weighted by atomic mass is 10.1. The van der Waals surface area contributed by atoms with Gasteiger partial charge >= 0.3 is 0 Å². The van der Waals surface area contributed by atoms with Crippen LogP contribution in [0.1, 0.15) is 23.4 Å². The standard InChI is InChI=1S/C16H19N3OS/c1-11(14-6-3-9-21-14)18-15(20)10-19-8-7-12-4-2-5-13(17)16(12)19/h2-6,9,11H,7-8,10,17H2,1H3,(H,18,20). The highest BCUT2D eigenvalue weighted by Gasteiger charge is 2.23. The molecule has 0 radical (unpaired) electrons. The first kappa shape index (κ1) is 13.9. The zero-order valence-corrected chi connectivity index (χ0v) is 12.8. The second-order valence-corrected chi connectivity index (χ2v) is 6.31. The molecule has 0 fully saturated rings. The van der Waals surface area contributed by atoms with Crippen LogP contribution in [0.5, 0.6) is 0 Å². The number of carbonyl (C=O) groups is 1. The van der Waals surface area contributed by atoms with Crippen LogP contribution in [0.2, 0.25) is 0 Å². The first-order valence-electron chi connectivity index (χ1n) is 7.10. The third kappa shape index (κ3) is 2.88. The fourth-order valence-corrected chi connectivity index (χ4v) is 3.53. The van der Waals surface area contributed by atoms with Crippen LogP contribution in [0.4, 0.5) is 11.4 Å². The van der Waals surface area contributed by atoms with Crippen molar-refractivity contribution in [2.45, 2.75) is 19.4 Å². The van der Waals surface area contributed by atoms with Gasteiger partial charge in [-0.25, -0.2) is 0 Å². The Hall–Kier alpha value is -2.01. The van der Waals surface area contributed by atoms with Crippen molar-refractivity contribution >= 4 is 28.6 Å². The number of amides is 1. The molecule has 1 aromatic heterocycles. The maximum atomic E-state index is 12.2. The number of anilines is 2. The molecule has 1 unspecified atom stereocenters. The van der Waals surface area contributed by atoms with E-state index in [0.29, 0.717) is 6.54 Å². The molecule has 4 nitrogen and oxygen atoms in total. The fourth-order valence-electron chi connectivity index (χ4n) is 2.79. The lowest BCUT2D eigenvalue weighted by Gasteiger charge is -2.21. The summed E-state index contributed by atoms with van der Waals surface area (Å²) in [4.78, 5) is 15.5. The van der Waals surface area contributed by atoms with Gasteiger partial charge in [0.25, 0.3) is 0 Å². The summed E-state index contributed by atoms with van der Waals surface area (Å²) in [7, 11) is 0. The molecule has 0 saturated heterocycles. The van der Waals surface area contributed by atoms with Crippen LogP contribution in [0, 0.1) is 0 Å². The number of nitrogens with two attached hydrogens (primary N) is 1. The normalized spacial score (nSPS) is 14.8. The molecule has 2 aromatic rings. The Balaban J connectivity index is 1.65. The molecular formula is C16H19N3OS. The van der Waals surface area contributed by atoms with Crippen molar-refractivity contribution in [3.05, 3.63) is 46.2 Å². The van der Waals surface area contributed by atoms with Gasteiger partial charge in [0.1, 0.15) is 0 Å². The molecule has 0 bridgehead atoms. The summed E-state index contributed by atoms with van der Waals surface area (Å²) >= 11 is 1.66. The van der Waals surface area contributed by atoms with Crippen molar-refractivity contribution in [1.29, 1.82) is 0 Å². The Kier molecular flexibility index (Phi) is 3.84. The third-order valence-corrected chi connectivity index (χ3v) is 4.86. The third-order valence-electron chi connectivity index (χ3n) is 3.80. The van der Waals surface area contributed by atoms with Crippen molar-refractivity contribution in [1.82, 2.24) is 5.32 Å². The largest absolute Gasteiger partial charge is 0.397 e. The average Bonchev–Trinajstić information content (AvgIpc) is 3.09. The minimum Gasteiger partial charge on any atom is -0.397 e. The number of para-hydroxylation sites is 1. The van der Waals surface area contributed by atoms with E-state index < -0.39 is 0 Å². The van der Waals surface area contributed by atoms with Gasteiger partial charge in [-0.05, 0) is 36.4 Å². The second kappa shape index (κ2) is 5.77. The molecule has 1 aliphatic rings. The molecular weight excluding hydrogens is 282 g/mol.